The van der Waals surface area contributed by atoms with Crippen molar-refractivity contribution in [3.8, 4) is 6.07 Å². The van der Waals surface area contributed by atoms with E-state index in [1.54, 1.807) is 0 Å². The Morgan fingerprint density at radius 2 is 1.91 bits per heavy atom. The molecule has 1 aromatic heterocycles. The number of carbonyl (C=O) groups is 1. The summed E-state index contributed by atoms with van der Waals surface area (Å²) in [5.41, 5.74) is 3.53. The van der Waals surface area contributed by atoms with Gasteiger partial charge in [0.25, 0.3) is 0 Å². The van der Waals surface area contributed by atoms with Crippen molar-refractivity contribution in [3.05, 3.63) is 51.9 Å². The summed E-state index contributed by atoms with van der Waals surface area (Å²) in [6.07, 6.45) is 5.43. The molecule has 1 N–H and O–H groups in total. The normalized spacial score (nSPS) is 13.2. The van der Waals surface area contributed by atoms with Crippen molar-refractivity contribution in [3.63, 3.8) is 0 Å². The van der Waals surface area contributed by atoms with E-state index in [1.165, 1.54) is 22.5 Å². The number of nitriles is 1. The summed E-state index contributed by atoms with van der Waals surface area (Å²) in [4.78, 5) is 13.0. The first kappa shape index (κ1) is 14.8. The number of benzene rings is 1. The summed E-state index contributed by atoms with van der Waals surface area (Å²) >= 11 is 1.43. The molecule has 0 unspecified atom stereocenters. The van der Waals surface area contributed by atoms with Crippen molar-refractivity contribution >= 4 is 22.2 Å². The first-order valence-corrected chi connectivity index (χ1v) is 8.48. The van der Waals surface area contributed by atoms with Crippen molar-refractivity contribution < 1.29 is 4.79 Å². The molecule has 1 aliphatic carbocycles. The predicted octanol–water partition coefficient (Wildman–Crippen LogP) is 4.07. The lowest BCUT2D eigenvalue weighted by Crippen LogP contribution is -2.13. The summed E-state index contributed by atoms with van der Waals surface area (Å²) in [7, 11) is 0. The fourth-order valence-electron chi connectivity index (χ4n) is 2.91. The molecular formula is C18H18N2OS. The molecule has 1 aliphatic rings. The maximum atomic E-state index is 12.2. The van der Waals surface area contributed by atoms with Gasteiger partial charge in [-0.05, 0) is 48.8 Å². The second-order valence-corrected chi connectivity index (χ2v) is 6.59. The van der Waals surface area contributed by atoms with E-state index in [0.29, 0.717) is 6.42 Å². The summed E-state index contributed by atoms with van der Waals surface area (Å²) in [6, 6.07) is 12.3. The van der Waals surface area contributed by atoms with Gasteiger partial charge in [0.1, 0.15) is 10.9 Å². The van der Waals surface area contributed by atoms with Crippen LogP contribution < -0.4 is 5.32 Å². The van der Waals surface area contributed by atoms with Crippen molar-refractivity contribution in [2.24, 2.45) is 0 Å². The Hall–Kier alpha value is -2.12. The average molecular weight is 310 g/mol. The van der Waals surface area contributed by atoms with Crippen LogP contribution in [0.15, 0.2) is 30.3 Å². The molecule has 112 valence electrons. The maximum absolute atomic E-state index is 12.2. The molecular weight excluding hydrogens is 292 g/mol. The van der Waals surface area contributed by atoms with Crippen LogP contribution in [0.4, 0.5) is 5.00 Å². The third-order valence-electron chi connectivity index (χ3n) is 4.06. The van der Waals surface area contributed by atoms with E-state index < -0.39 is 0 Å². The van der Waals surface area contributed by atoms with Gasteiger partial charge in [-0.1, -0.05) is 30.3 Å². The summed E-state index contributed by atoms with van der Waals surface area (Å²) in [6.45, 7) is 0. The number of carbonyl (C=O) groups excluding carboxylic acids is 1. The molecule has 22 heavy (non-hydrogen) atoms. The number of fused-ring (bicyclic) bond motifs is 1. The number of hydrogen-bond acceptors (Lipinski definition) is 3. The highest BCUT2D eigenvalue weighted by atomic mass is 32.1. The maximum Gasteiger partial charge on any atom is 0.225 e. The van der Waals surface area contributed by atoms with Gasteiger partial charge in [-0.25, -0.2) is 0 Å². The molecule has 1 amide bonds. The SMILES string of the molecule is N#Cc1sc(NC(=O)CCc2ccccc2)c2c1CCCC2. The van der Waals surface area contributed by atoms with Gasteiger partial charge in [-0.3, -0.25) is 4.79 Å². The Labute approximate surface area is 134 Å². The van der Waals surface area contributed by atoms with E-state index in [1.807, 2.05) is 30.3 Å². The second-order valence-electron chi connectivity index (χ2n) is 5.57. The molecule has 0 spiro atoms. The van der Waals surface area contributed by atoms with Crippen LogP contribution in [-0.2, 0) is 24.1 Å². The number of anilines is 1. The lowest BCUT2D eigenvalue weighted by molar-refractivity contribution is -0.116. The van der Waals surface area contributed by atoms with Crippen LogP contribution >= 0.6 is 11.3 Å². The Morgan fingerprint density at radius 1 is 1.18 bits per heavy atom. The van der Waals surface area contributed by atoms with E-state index >= 15 is 0 Å². The van der Waals surface area contributed by atoms with Gasteiger partial charge in [-0.2, -0.15) is 5.26 Å². The number of hydrogen-bond donors (Lipinski definition) is 1. The molecule has 4 heteroatoms. The Bertz CT molecular complexity index is 713. The number of nitrogens with zero attached hydrogens (tertiary/aromatic N) is 1. The minimum atomic E-state index is 0.0305. The van der Waals surface area contributed by atoms with Gasteiger partial charge in [0, 0.05) is 6.42 Å². The van der Waals surface area contributed by atoms with Gasteiger partial charge in [0.05, 0.1) is 5.00 Å². The smallest absolute Gasteiger partial charge is 0.225 e. The monoisotopic (exact) mass is 310 g/mol. The molecule has 0 bridgehead atoms. The number of amides is 1. The second kappa shape index (κ2) is 6.76. The quantitative estimate of drug-likeness (QED) is 0.925. The summed E-state index contributed by atoms with van der Waals surface area (Å²) < 4.78 is 0. The Morgan fingerprint density at radius 3 is 2.64 bits per heavy atom. The van der Waals surface area contributed by atoms with Crippen LogP contribution in [0, 0.1) is 11.3 Å². The lowest BCUT2D eigenvalue weighted by atomic mass is 9.93. The minimum absolute atomic E-state index is 0.0305. The van der Waals surface area contributed by atoms with Gasteiger partial charge < -0.3 is 5.32 Å². The largest absolute Gasteiger partial charge is 0.317 e. The Balaban J connectivity index is 1.67. The standard InChI is InChI=1S/C18H18N2OS/c19-12-16-14-8-4-5-9-15(14)18(22-16)20-17(21)11-10-13-6-2-1-3-7-13/h1-3,6-7H,4-5,8-11H2,(H,20,21). The number of nitrogens with one attached hydrogen (secondary N) is 1. The fraction of sp³-hybridized carbons (Fsp3) is 0.333. The molecule has 2 aromatic rings. The molecule has 0 fully saturated rings. The molecule has 3 nitrogen and oxygen atoms in total. The van der Waals surface area contributed by atoms with Gasteiger partial charge in [0.15, 0.2) is 0 Å². The van der Waals surface area contributed by atoms with Crippen LogP contribution in [0.5, 0.6) is 0 Å². The summed E-state index contributed by atoms with van der Waals surface area (Å²) in [5.74, 6) is 0.0305. The van der Waals surface area contributed by atoms with Crippen molar-refractivity contribution in [2.45, 2.75) is 38.5 Å². The van der Waals surface area contributed by atoms with Crippen LogP contribution in [-0.4, -0.2) is 5.91 Å². The molecule has 1 aromatic carbocycles. The molecule has 0 radical (unpaired) electrons. The number of thiophene rings is 1. The number of aryl methyl sites for hydroxylation is 1. The van der Waals surface area contributed by atoms with Gasteiger partial charge in [0.2, 0.25) is 5.91 Å². The highest BCUT2D eigenvalue weighted by Gasteiger charge is 2.21. The van der Waals surface area contributed by atoms with E-state index in [9.17, 15) is 10.1 Å². The highest BCUT2D eigenvalue weighted by Crippen LogP contribution is 2.37. The molecule has 3 rings (SSSR count). The predicted molar refractivity (Wildman–Crippen MR) is 89.1 cm³/mol. The zero-order valence-electron chi connectivity index (χ0n) is 12.4. The van der Waals surface area contributed by atoms with E-state index in [-0.39, 0.29) is 5.91 Å². The molecule has 1 heterocycles. The van der Waals surface area contributed by atoms with Crippen molar-refractivity contribution in [1.82, 2.24) is 0 Å². The highest BCUT2D eigenvalue weighted by molar-refractivity contribution is 7.17. The van der Waals surface area contributed by atoms with E-state index in [2.05, 4.69) is 11.4 Å². The molecule has 0 saturated heterocycles. The van der Waals surface area contributed by atoms with E-state index in [0.717, 1.165) is 47.5 Å². The Kier molecular flexibility index (Phi) is 4.55. The summed E-state index contributed by atoms with van der Waals surface area (Å²) in [5, 5.41) is 13.2. The van der Waals surface area contributed by atoms with E-state index in [4.69, 9.17) is 0 Å². The molecule has 0 saturated carbocycles. The first-order chi connectivity index (χ1) is 10.8. The fourth-order valence-corrected chi connectivity index (χ4v) is 4.03. The van der Waals surface area contributed by atoms with Crippen molar-refractivity contribution in [2.75, 3.05) is 5.32 Å². The van der Waals surface area contributed by atoms with Crippen LogP contribution in [0.25, 0.3) is 0 Å². The van der Waals surface area contributed by atoms with Gasteiger partial charge >= 0.3 is 0 Å². The van der Waals surface area contributed by atoms with Crippen LogP contribution in [0.3, 0.4) is 0 Å². The lowest BCUT2D eigenvalue weighted by Gasteiger charge is -2.13. The first-order valence-electron chi connectivity index (χ1n) is 7.66. The van der Waals surface area contributed by atoms with Crippen LogP contribution in [0.1, 0.15) is 40.8 Å². The zero-order chi connectivity index (χ0) is 15.4. The molecule has 0 aliphatic heterocycles. The minimum Gasteiger partial charge on any atom is -0.317 e. The van der Waals surface area contributed by atoms with Crippen molar-refractivity contribution in [1.29, 1.82) is 5.26 Å². The third kappa shape index (κ3) is 3.20. The third-order valence-corrected chi connectivity index (χ3v) is 5.15. The van der Waals surface area contributed by atoms with Crippen LogP contribution in [0.2, 0.25) is 0 Å². The van der Waals surface area contributed by atoms with Gasteiger partial charge in [-0.15, -0.1) is 11.3 Å². The molecule has 0 atom stereocenters. The average Bonchev–Trinajstić information content (AvgIpc) is 2.92. The zero-order valence-corrected chi connectivity index (χ0v) is 13.2. The topological polar surface area (TPSA) is 52.9 Å². The number of rotatable bonds is 4.